The van der Waals surface area contributed by atoms with Crippen molar-refractivity contribution in [1.82, 2.24) is 0 Å². The summed E-state index contributed by atoms with van der Waals surface area (Å²) >= 11 is 0. The summed E-state index contributed by atoms with van der Waals surface area (Å²) in [7, 11) is 0. The summed E-state index contributed by atoms with van der Waals surface area (Å²) in [5.74, 6) is 0.0839. The van der Waals surface area contributed by atoms with Crippen molar-refractivity contribution in [3.05, 3.63) is 37.0 Å². The summed E-state index contributed by atoms with van der Waals surface area (Å²) in [4.78, 5) is 0. The summed E-state index contributed by atoms with van der Waals surface area (Å²) in [5, 5.41) is 10.0. The zero-order valence-electron chi connectivity index (χ0n) is 9.45. The van der Waals surface area contributed by atoms with E-state index in [-0.39, 0.29) is 24.2 Å². The second kappa shape index (κ2) is 4.95. The highest BCUT2D eigenvalue weighted by atomic mass is 16.6. The normalized spacial score (nSPS) is 43.2. The van der Waals surface area contributed by atoms with Crippen molar-refractivity contribution in [2.24, 2.45) is 5.92 Å². The van der Waals surface area contributed by atoms with Crippen LogP contribution in [-0.2, 0) is 9.47 Å². The monoisotopic (exact) mass is 222 g/mol. The van der Waals surface area contributed by atoms with E-state index in [1.54, 1.807) is 6.08 Å². The van der Waals surface area contributed by atoms with Crippen LogP contribution in [0.2, 0.25) is 0 Å². The molecule has 1 N–H and O–H groups in total. The fourth-order valence-electron chi connectivity index (χ4n) is 2.33. The molecule has 0 bridgehead atoms. The van der Waals surface area contributed by atoms with Crippen LogP contribution in [-0.4, -0.2) is 36.1 Å². The van der Waals surface area contributed by atoms with Gasteiger partial charge >= 0.3 is 0 Å². The molecule has 2 heterocycles. The van der Waals surface area contributed by atoms with Gasteiger partial charge in [-0.2, -0.15) is 0 Å². The molecule has 0 aliphatic carbocycles. The Morgan fingerprint density at radius 1 is 1.31 bits per heavy atom. The van der Waals surface area contributed by atoms with Gasteiger partial charge in [0.2, 0.25) is 0 Å². The molecular weight excluding hydrogens is 204 g/mol. The van der Waals surface area contributed by atoms with E-state index in [2.05, 4.69) is 6.58 Å². The topological polar surface area (TPSA) is 38.7 Å². The van der Waals surface area contributed by atoms with E-state index in [1.807, 2.05) is 31.2 Å². The van der Waals surface area contributed by atoms with Crippen molar-refractivity contribution in [2.45, 2.75) is 31.3 Å². The summed E-state index contributed by atoms with van der Waals surface area (Å²) in [6.07, 6.45) is 8.56. The molecule has 2 aliphatic heterocycles. The third kappa shape index (κ3) is 1.98. The van der Waals surface area contributed by atoms with Crippen LogP contribution < -0.4 is 0 Å². The molecule has 2 fully saturated rings. The van der Waals surface area contributed by atoms with E-state index < -0.39 is 6.10 Å². The molecular formula is C13H18O3. The number of ether oxygens (including phenoxy) is 2. The molecule has 5 atom stereocenters. The third-order valence-electron chi connectivity index (χ3n) is 3.14. The minimum atomic E-state index is -0.455. The van der Waals surface area contributed by atoms with Crippen molar-refractivity contribution in [1.29, 1.82) is 0 Å². The first-order valence-electron chi connectivity index (χ1n) is 5.65. The van der Waals surface area contributed by atoms with Crippen LogP contribution in [0.25, 0.3) is 0 Å². The van der Waals surface area contributed by atoms with Crippen molar-refractivity contribution in [3.8, 4) is 0 Å². The summed E-state index contributed by atoms with van der Waals surface area (Å²) in [6.45, 7) is 6.11. The number of aliphatic hydroxyl groups is 1. The van der Waals surface area contributed by atoms with Gasteiger partial charge in [0.15, 0.2) is 0 Å². The average Bonchev–Trinajstić information content (AvgIpc) is 2.80. The highest BCUT2D eigenvalue weighted by Gasteiger charge is 2.49. The molecule has 0 spiro atoms. The zero-order valence-corrected chi connectivity index (χ0v) is 9.45. The lowest BCUT2D eigenvalue weighted by Gasteiger charge is -2.15. The molecule has 88 valence electrons. The molecule has 2 rings (SSSR count). The van der Waals surface area contributed by atoms with Crippen LogP contribution >= 0.6 is 0 Å². The SMILES string of the molecule is C=C/C=C/[C@@H]1OC[C@H]2[C@@H](O)[C@H](/C=C/C)O[C@H]21. The van der Waals surface area contributed by atoms with Crippen LogP contribution in [0.15, 0.2) is 37.0 Å². The lowest BCUT2D eigenvalue weighted by atomic mass is 9.96. The van der Waals surface area contributed by atoms with Gasteiger partial charge in [-0.3, -0.25) is 0 Å². The summed E-state index contributed by atoms with van der Waals surface area (Å²) in [6, 6.07) is 0. The fraction of sp³-hybridized carbons (Fsp3) is 0.538. The predicted octanol–water partition coefficient (Wildman–Crippen LogP) is 1.45. The van der Waals surface area contributed by atoms with E-state index in [1.165, 1.54) is 0 Å². The highest BCUT2D eigenvalue weighted by molar-refractivity contribution is 5.11. The first-order chi connectivity index (χ1) is 7.77. The van der Waals surface area contributed by atoms with Gasteiger partial charge in [-0.15, -0.1) is 0 Å². The molecule has 3 nitrogen and oxygen atoms in total. The van der Waals surface area contributed by atoms with E-state index in [0.29, 0.717) is 6.61 Å². The molecule has 16 heavy (non-hydrogen) atoms. The number of allylic oxidation sites excluding steroid dienone is 3. The van der Waals surface area contributed by atoms with E-state index in [9.17, 15) is 5.11 Å². The van der Waals surface area contributed by atoms with Gasteiger partial charge in [0, 0.05) is 5.92 Å². The average molecular weight is 222 g/mol. The number of hydrogen-bond donors (Lipinski definition) is 1. The van der Waals surface area contributed by atoms with E-state index in [0.717, 1.165) is 0 Å². The molecule has 3 heteroatoms. The van der Waals surface area contributed by atoms with Crippen molar-refractivity contribution >= 4 is 0 Å². The Labute approximate surface area is 96.1 Å². The van der Waals surface area contributed by atoms with Crippen LogP contribution in [0, 0.1) is 5.92 Å². The largest absolute Gasteiger partial charge is 0.390 e. The second-order valence-corrected chi connectivity index (χ2v) is 4.16. The van der Waals surface area contributed by atoms with Gasteiger partial charge < -0.3 is 14.6 Å². The molecule has 0 aromatic rings. The maximum atomic E-state index is 10.0. The van der Waals surface area contributed by atoms with Crippen molar-refractivity contribution in [2.75, 3.05) is 6.61 Å². The smallest absolute Gasteiger partial charge is 0.103 e. The molecule has 0 amide bonds. The van der Waals surface area contributed by atoms with Gasteiger partial charge in [-0.1, -0.05) is 37.0 Å². The van der Waals surface area contributed by atoms with Crippen LogP contribution in [0.4, 0.5) is 0 Å². The maximum absolute atomic E-state index is 10.0. The molecule has 0 aromatic heterocycles. The van der Waals surface area contributed by atoms with Crippen molar-refractivity contribution in [3.63, 3.8) is 0 Å². The van der Waals surface area contributed by atoms with E-state index in [4.69, 9.17) is 9.47 Å². The molecule has 0 radical (unpaired) electrons. The number of rotatable bonds is 3. The minimum absolute atomic E-state index is 0.0348. The Bertz CT molecular complexity index is 308. The van der Waals surface area contributed by atoms with Gasteiger partial charge in [-0.05, 0) is 6.92 Å². The summed E-state index contributed by atoms with van der Waals surface area (Å²) < 4.78 is 11.4. The van der Waals surface area contributed by atoms with E-state index >= 15 is 0 Å². The van der Waals surface area contributed by atoms with Crippen LogP contribution in [0.5, 0.6) is 0 Å². The van der Waals surface area contributed by atoms with Crippen LogP contribution in [0.3, 0.4) is 0 Å². The lowest BCUT2D eigenvalue weighted by Crippen LogP contribution is -2.26. The zero-order chi connectivity index (χ0) is 11.5. The number of hydrogen-bond acceptors (Lipinski definition) is 3. The maximum Gasteiger partial charge on any atom is 0.103 e. The number of fused-ring (bicyclic) bond motifs is 1. The first kappa shape index (κ1) is 11.6. The Hall–Kier alpha value is -0.900. The standard InChI is InChI=1S/C13H18O3/c1-3-5-7-11-13-9(8-15-11)12(14)10(16-13)6-4-2/h3-7,9-14H,1,8H2,2H3/b6-4+,7-5+/t9-,10-,11-,12+,13+/m0/s1. The lowest BCUT2D eigenvalue weighted by molar-refractivity contribution is -0.0155. The minimum Gasteiger partial charge on any atom is -0.390 e. The van der Waals surface area contributed by atoms with Gasteiger partial charge in [-0.25, -0.2) is 0 Å². The summed E-state index contributed by atoms with van der Waals surface area (Å²) in [5.41, 5.74) is 0. The highest BCUT2D eigenvalue weighted by Crippen LogP contribution is 2.36. The third-order valence-corrected chi connectivity index (χ3v) is 3.14. The Morgan fingerprint density at radius 3 is 2.81 bits per heavy atom. The van der Waals surface area contributed by atoms with Crippen LogP contribution in [0.1, 0.15) is 6.92 Å². The fourth-order valence-corrected chi connectivity index (χ4v) is 2.33. The van der Waals surface area contributed by atoms with Crippen molar-refractivity contribution < 1.29 is 14.6 Å². The molecule has 0 aromatic carbocycles. The second-order valence-electron chi connectivity index (χ2n) is 4.16. The van der Waals surface area contributed by atoms with Gasteiger partial charge in [0.25, 0.3) is 0 Å². The molecule has 0 unspecified atom stereocenters. The van der Waals surface area contributed by atoms with Gasteiger partial charge in [0.05, 0.1) is 18.8 Å². The molecule has 2 aliphatic rings. The van der Waals surface area contributed by atoms with Gasteiger partial charge in [0.1, 0.15) is 12.2 Å². The first-order valence-corrected chi connectivity index (χ1v) is 5.65. The Kier molecular flexibility index (Phi) is 3.59. The Balaban J connectivity index is 2.06. The predicted molar refractivity (Wildman–Crippen MR) is 62.0 cm³/mol. The number of aliphatic hydroxyl groups excluding tert-OH is 1. The quantitative estimate of drug-likeness (QED) is 0.580. The molecule has 0 saturated carbocycles. The Morgan fingerprint density at radius 2 is 2.12 bits per heavy atom. The molecule has 2 saturated heterocycles.